The van der Waals surface area contributed by atoms with E-state index in [1.807, 2.05) is 32.0 Å². The van der Waals surface area contributed by atoms with Crippen molar-refractivity contribution in [3.8, 4) is 5.75 Å². The van der Waals surface area contributed by atoms with Gasteiger partial charge in [-0.3, -0.25) is 4.79 Å². The maximum atomic E-state index is 12.1. The van der Waals surface area contributed by atoms with Crippen molar-refractivity contribution in [1.82, 2.24) is 0 Å². The van der Waals surface area contributed by atoms with Crippen LogP contribution in [0.3, 0.4) is 0 Å². The van der Waals surface area contributed by atoms with Crippen LogP contribution in [0.2, 0.25) is 0 Å². The highest BCUT2D eigenvalue weighted by molar-refractivity contribution is 6.04. The summed E-state index contributed by atoms with van der Waals surface area (Å²) in [7, 11) is 0. The lowest BCUT2D eigenvalue weighted by atomic mass is 10.2. The first-order valence-electron chi connectivity index (χ1n) is 6.44. The van der Waals surface area contributed by atoms with E-state index in [9.17, 15) is 4.79 Å². The van der Waals surface area contributed by atoms with Crippen molar-refractivity contribution in [2.45, 2.75) is 26.5 Å². The molecule has 2 rings (SSSR count). The third kappa shape index (κ3) is 4.51. The molecule has 2 aromatic rings. The Morgan fingerprint density at radius 3 is 2.71 bits per heavy atom. The Morgan fingerprint density at radius 1 is 1.38 bits per heavy atom. The molecule has 1 amide bonds. The number of nitrogens with two attached hydrogens (primary N) is 1. The van der Waals surface area contributed by atoms with Gasteiger partial charge >= 0.3 is 0 Å². The first-order valence-corrected chi connectivity index (χ1v) is 6.44. The van der Waals surface area contributed by atoms with Crippen molar-refractivity contribution >= 4 is 24.0 Å². The number of hydrogen-bond donors (Lipinski definition) is 2. The second-order valence-corrected chi connectivity index (χ2v) is 4.62. The molecule has 1 heterocycles. The van der Waals surface area contributed by atoms with Gasteiger partial charge in [-0.15, -0.1) is 12.4 Å². The molecule has 1 aromatic heterocycles. The lowest BCUT2D eigenvalue weighted by Crippen LogP contribution is -2.14. The smallest absolute Gasteiger partial charge is 0.259 e. The predicted octanol–water partition coefficient (Wildman–Crippen LogP) is 3.20. The van der Waals surface area contributed by atoms with E-state index in [0.717, 1.165) is 0 Å². The quantitative estimate of drug-likeness (QED) is 0.889. The van der Waals surface area contributed by atoms with Crippen LogP contribution in [0, 0.1) is 0 Å². The summed E-state index contributed by atoms with van der Waals surface area (Å²) in [4.78, 5) is 12.1. The van der Waals surface area contributed by atoms with Crippen LogP contribution in [0.15, 0.2) is 41.0 Å². The fourth-order valence-electron chi connectivity index (χ4n) is 1.73. The number of carbonyl (C=O) groups excluding carboxylic acids is 1. The van der Waals surface area contributed by atoms with Crippen LogP contribution in [0.5, 0.6) is 5.75 Å². The Morgan fingerprint density at radius 2 is 2.10 bits per heavy atom. The van der Waals surface area contributed by atoms with Crippen molar-refractivity contribution < 1.29 is 13.9 Å². The van der Waals surface area contributed by atoms with Crippen LogP contribution in [-0.2, 0) is 6.54 Å². The summed E-state index contributed by atoms with van der Waals surface area (Å²) >= 11 is 0. The van der Waals surface area contributed by atoms with Gasteiger partial charge in [0.2, 0.25) is 0 Å². The summed E-state index contributed by atoms with van der Waals surface area (Å²) in [6.07, 6.45) is 1.43. The Bertz CT molecular complexity index is 596. The zero-order valence-electron chi connectivity index (χ0n) is 12.0. The van der Waals surface area contributed by atoms with E-state index < -0.39 is 0 Å². The van der Waals surface area contributed by atoms with Crippen molar-refractivity contribution in [3.05, 3.63) is 47.9 Å². The molecule has 1 aromatic carbocycles. The average Bonchev–Trinajstić information content (AvgIpc) is 2.89. The molecule has 6 heteroatoms. The third-order valence-corrected chi connectivity index (χ3v) is 2.62. The summed E-state index contributed by atoms with van der Waals surface area (Å²) in [6, 6.07) is 8.93. The Balaban J connectivity index is 0.00000220. The molecule has 21 heavy (non-hydrogen) atoms. The molecule has 0 saturated heterocycles. The summed E-state index contributed by atoms with van der Waals surface area (Å²) in [5, 5.41) is 2.80. The number of carbonyl (C=O) groups is 1. The average molecular weight is 311 g/mol. The summed E-state index contributed by atoms with van der Waals surface area (Å²) in [5.74, 6) is 0.952. The van der Waals surface area contributed by atoms with Gasteiger partial charge in [0.15, 0.2) is 0 Å². The monoisotopic (exact) mass is 310 g/mol. The number of para-hydroxylation sites is 2. The van der Waals surface area contributed by atoms with Crippen LogP contribution >= 0.6 is 12.4 Å². The summed E-state index contributed by atoms with van der Waals surface area (Å²) in [5.41, 5.74) is 6.51. The lowest BCUT2D eigenvalue weighted by Gasteiger charge is -2.14. The van der Waals surface area contributed by atoms with E-state index in [1.165, 1.54) is 6.26 Å². The zero-order valence-corrected chi connectivity index (χ0v) is 12.8. The Hall–Kier alpha value is -1.98. The number of benzene rings is 1. The van der Waals surface area contributed by atoms with Crippen molar-refractivity contribution in [3.63, 3.8) is 0 Å². The number of hydrogen-bond acceptors (Lipinski definition) is 4. The van der Waals surface area contributed by atoms with Gasteiger partial charge in [-0.2, -0.15) is 0 Å². The summed E-state index contributed by atoms with van der Waals surface area (Å²) in [6.45, 7) is 4.13. The molecular formula is C15H19ClN2O3. The van der Waals surface area contributed by atoms with Gasteiger partial charge in [-0.1, -0.05) is 12.1 Å². The second kappa shape index (κ2) is 7.71. The van der Waals surface area contributed by atoms with Crippen LogP contribution in [0.25, 0.3) is 0 Å². The number of halogens is 1. The molecule has 0 saturated carbocycles. The normalized spacial score (nSPS) is 10.1. The highest BCUT2D eigenvalue weighted by Gasteiger charge is 2.12. The Labute approximate surface area is 129 Å². The highest BCUT2D eigenvalue weighted by Crippen LogP contribution is 2.25. The molecule has 0 bridgehead atoms. The number of furan rings is 1. The molecular weight excluding hydrogens is 292 g/mol. The Kier molecular flexibility index (Phi) is 6.27. The fourth-order valence-corrected chi connectivity index (χ4v) is 1.73. The van der Waals surface area contributed by atoms with Crippen LogP contribution < -0.4 is 15.8 Å². The van der Waals surface area contributed by atoms with Crippen molar-refractivity contribution in [2.75, 3.05) is 5.32 Å². The van der Waals surface area contributed by atoms with Gasteiger partial charge in [-0.25, -0.2) is 0 Å². The lowest BCUT2D eigenvalue weighted by molar-refractivity contribution is 0.102. The molecule has 0 fully saturated rings. The molecule has 0 aliphatic heterocycles. The van der Waals surface area contributed by atoms with E-state index in [4.69, 9.17) is 14.9 Å². The van der Waals surface area contributed by atoms with E-state index in [0.29, 0.717) is 22.8 Å². The number of nitrogens with one attached hydrogen (secondary N) is 1. The van der Waals surface area contributed by atoms with Crippen LogP contribution in [0.4, 0.5) is 5.69 Å². The van der Waals surface area contributed by atoms with E-state index in [2.05, 4.69) is 5.32 Å². The second-order valence-electron chi connectivity index (χ2n) is 4.62. The molecule has 114 valence electrons. The van der Waals surface area contributed by atoms with Crippen LogP contribution in [0.1, 0.15) is 30.0 Å². The maximum absolute atomic E-state index is 12.1. The number of ether oxygens (including phenoxy) is 1. The first kappa shape index (κ1) is 17.1. The van der Waals surface area contributed by atoms with Gasteiger partial charge < -0.3 is 20.2 Å². The molecule has 5 nitrogen and oxygen atoms in total. The van der Waals surface area contributed by atoms with E-state index in [1.54, 1.807) is 12.1 Å². The standard InChI is InChI=1S/C15H18N2O3.ClH/c1-10(2)20-14-6-4-3-5-13(14)17-15(18)11-7-12(8-16)19-9-11;/h3-7,9-10H,8,16H2,1-2H3,(H,17,18);1H. The summed E-state index contributed by atoms with van der Waals surface area (Å²) < 4.78 is 10.8. The molecule has 0 atom stereocenters. The molecule has 0 aliphatic carbocycles. The molecule has 0 spiro atoms. The largest absolute Gasteiger partial charge is 0.489 e. The maximum Gasteiger partial charge on any atom is 0.259 e. The van der Waals surface area contributed by atoms with Crippen LogP contribution in [-0.4, -0.2) is 12.0 Å². The molecule has 0 unspecified atom stereocenters. The highest BCUT2D eigenvalue weighted by atomic mass is 35.5. The van der Waals surface area contributed by atoms with Gasteiger partial charge in [0.05, 0.1) is 23.9 Å². The number of rotatable bonds is 5. The van der Waals surface area contributed by atoms with Gasteiger partial charge in [0.25, 0.3) is 5.91 Å². The first-order chi connectivity index (χ1) is 9.60. The molecule has 0 radical (unpaired) electrons. The minimum Gasteiger partial charge on any atom is -0.489 e. The third-order valence-electron chi connectivity index (χ3n) is 2.62. The predicted molar refractivity (Wildman–Crippen MR) is 84.0 cm³/mol. The van der Waals surface area contributed by atoms with Gasteiger partial charge in [0, 0.05) is 0 Å². The van der Waals surface area contributed by atoms with Crippen molar-refractivity contribution in [1.29, 1.82) is 0 Å². The number of amides is 1. The minimum atomic E-state index is -0.256. The fraction of sp³-hybridized carbons (Fsp3) is 0.267. The SMILES string of the molecule is CC(C)Oc1ccccc1NC(=O)c1coc(CN)c1.Cl. The molecule has 3 N–H and O–H groups in total. The van der Waals surface area contributed by atoms with E-state index >= 15 is 0 Å². The van der Waals surface area contributed by atoms with Gasteiger partial charge in [-0.05, 0) is 32.0 Å². The number of anilines is 1. The van der Waals surface area contributed by atoms with Gasteiger partial charge in [0.1, 0.15) is 17.8 Å². The van der Waals surface area contributed by atoms with E-state index in [-0.39, 0.29) is 31.0 Å². The van der Waals surface area contributed by atoms with Crippen molar-refractivity contribution in [2.24, 2.45) is 5.73 Å². The minimum absolute atomic E-state index is 0. The zero-order chi connectivity index (χ0) is 14.5. The topological polar surface area (TPSA) is 77.5 Å². The molecule has 0 aliphatic rings.